The third-order valence-electron chi connectivity index (χ3n) is 8.60. The number of hydrogen-bond acceptors (Lipinski definition) is 9. The summed E-state index contributed by atoms with van der Waals surface area (Å²) in [6.45, 7) is 4.60. The zero-order valence-electron chi connectivity index (χ0n) is 26.1. The lowest BCUT2D eigenvalue weighted by molar-refractivity contribution is -0.190. The number of amides is 1. The molecule has 1 amide bonds. The topological polar surface area (TPSA) is 180 Å². The minimum atomic E-state index is -4.43. The third kappa shape index (κ3) is 7.79. The number of nitrogens with one attached hydrogen (secondary N) is 2. The molecule has 1 aliphatic carbocycles. The van der Waals surface area contributed by atoms with Crippen LogP contribution in [0.15, 0.2) is 52.7 Å². The Bertz CT molecular complexity index is 1810. The molecule has 1 unspecified atom stereocenters. The molecule has 2 aliphatic rings. The van der Waals surface area contributed by atoms with Gasteiger partial charge in [0.15, 0.2) is 10.8 Å². The number of rotatable bonds is 14. The zero-order valence-corrected chi connectivity index (χ0v) is 26.9. The number of hydrazine groups is 1. The Morgan fingerprint density at radius 3 is 2.65 bits per heavy atom. The van der Waals surface area contributed by atoms with Crippen LogP contribution in [-0.4, -0.2) is 65.5 Å². The van der Waals surface area contributed by atoms with E-state index in [9.17, 15) is 30.8 Å². The number of hydrogen-bond donors (Lipinski definition) is 2. The molecular weight excluding hydrogens is 660 g/mol. The lowest BCUT2D eigenvalue weighted by Crippen LogP contribution is -2.44. The van der Waals surface area contributed by atoms with Gasteiger partial charge in [0.2, 0.25) is 11.8 Å². The van der Waals surface area contributed by atoms with Crippen LogP contribution in [0.1, 0.15) is 62.7 Å². The Hall–Kier alpha value is -4.48. The van der Waals surface area contributed by atoms with Gasteiger partial charge in [0.25, 0.3) is 15.9 Å². The molecule has 0 radical (unpaired) electrons. The minimum absolute atomic E-state index is 0.0157. The van der Waals surface area contributed by atoms with E-state index < -0.39 is 44.0 Å². The molecule has 3 aromatic rings. The molecule has 0 spiro atoms. The quantitative estimate of drug-likeness (QED) is 0.0438. The molecule has 1 atom stereocenters. The second-order valence-corrected chi connectivity index (χ2v) is 14.1. The fourth-order valence-corrected chi connectivity index (χ4v) is 6.66. The summed E-state index contributed by atoms with van der Waals surface area (Å²) in [4.78, 5) is 28.2. The number of alkyl halides is 3. The fourth-order valence-electron chi connectivity index (χ4n) is 5.86. The number of sulfonamides is 1. The number of pyridine rings is 2. The maximum Gasteiger partial charge on any atom is 0.394 e. The summed E-state index contributed by atoms with van der Waals surface area (Å²) in [6.07, 6.45) is -0.669. The highest BCUT2D eigenvalue weighted by molar-refractivity contribution is 7.89. The predicted molar refractivity (Wildman–Crippen MR) is 164 cm³/mol. The van der Waals surface area contributed by atoms with Crippen molar-refractivity contribution in [2.45, 2.75) is 69.1 Å². The molecule has 4 heterocycles. The molecule has 0 bridgehead atoms. The number of nitrogens with zero attached hydrogens (tertiary/aromatic N) is 8. The van der Waals surface area contributed by atoms with Crippen LogP contribution >= 0.6 is 0 Å². The van der Waals surface area contributed by atoms with E-state index in [-0.39, 0.29) is 54.9 Å². The van der Waals surface area contributed by atoms with Crippen LogP contribution in [0, 0.1) is 17.3 Å². The second kappa shape index (κ2) is 13.6. The van der Waals surface area contributed by atoms with E-state index in [2.05, 4.69) is 25.5 Å². The lowest BCUT2D eigenvalue weighted by Gasteiger charge is -2.34. The normalized spacial score (nSPS) is 18.3. The molecule has 1 saturated carbocycles. The van der Waals surface area contributed by atoms with E-state index in [1.54, 1.807) is 0 Å². The van der Waals surface area contributed by atoms with Crippen LogP contribution in [0.2, 0.25) is 0 Å². The van der Waals surface area contributed by atoms with Gasteiger partial charge in [-0.2, -0.15) is 17.6 Å². The number of halogens is 4. The van der Waals surface area contributed by atoms with Crippen LogP contribution in [0.5, 0.6) is 5.88 Å². The van der Waals surface area contributed by atoms with Crippen molar-refractivity contribution in [3.63, 3.8) is 0 Å². The van der Waals surface area contributed by atoms with Gasteiger partial charge in [0, 0.05) is 35.8 Å². The van der Waals surface area contributed by atoms with E-state index in [1.807, 2.05) is 23.6 Å². The van der Waals surface area contributed by atoms with Gasteiger partial charge in [-0.25, -0.2) is 23.1 Å². The van der Waals surface area contributed by atoms with E-state index in [0.717, 1.165) is 24.6 Å². The molecule has 1 aliphatic heterocycles. The van der Waals surface area contributed by atoms with Crippen LogP contribution in [-0.2, 0) is 10.0 Å². The number of aromatic nitrogens is 4. The molecule has 48 heavy (non-hydrogen) atoms. The highest BCUT2D eigenvalue weighted by Gasteiger charge is 2.62. The Morgan fingerprint density at radius 2 is 1.96 bits per heavy atom. The standard InChI is InChI=1S/C29H34F4N10O4S/c1-27(2)17-19(5-4-14-35-40-34)18-42(27)25-20(26(44)38-41-48(45,46)24-7-3-6-21(30)36-24)8-9-22(37-25)43-15-10-23(39-43)47-16-13-28(11-12-28)29(31,32)33/h3,6-10,15,19,41H,4-5,11-14,16-18H2,1-2H3,(H,38,44). The first-order valence-corrected chi connectivity index (χ1v) is 16.6. The minimum Gasteiger partial charge on any atom is -0.477 e. The first-order chi connectivity index (χ1) is 22.6. The molecule has 258 valence electrons. The number of carbonyl (C=O) groups excluding carboxylic acids is 1. The Kier molecular flexibility index (Phi) is 9.84. The van der Waals surface area contributed by atoms with Gasteiger partial charge in [-0.05, 0) is 88.1 Å². The molecule has 0 aromatic carbocycles. The van der Waals surface area contributed by atoms with Crippen molar-refractivity contribution in [2.24, 2.45) is 16.4 Å². The molecule has 2 N–H and O–H groups in total. The van der Waals surface area contributed by atoms with Gasteiger partial charge < -0.3 is 9.64 Å². The van der Waals surface area contributed by atoms with Crippen molar-refractivity contribution < 1.29 is 35.5 Å². The van der Waals surface area contributed by atoms with Gasteiger partial charge in [-0.15, -0.1) is 9.93 Å². The summed E-state index contributed by atoms with van der Waals surface area (Å²) in [6, 6.07) is 7.61. The number of ether oxygens (including phenoxy) is 1. The van der Waals surface area contributed by atoms with Crippen LogP contribution in [0.3, 0.4) is 0 Å². The van der Waals surface area contributed by atoms with Gasteiger partial charge in [0.05, 0.1) is 17.6 Å². The van der Waals surface area contributed by atoms with E-state index in [1.165, 1.54) is 29.1 Å². The third-order valence-corrected chi connectivity index (χ3v) is 9.75. The Balaban J connectivity index is 1.38. The maximum atomic E-state index is 13.6. The molecule has 1 saturated heterocycles. The first kappa shape index (κ1) is 34.8. The summed E-state index contributed by atoms with van der Waals surface area (Å²) in [5.41, 5.74) is 8.55. The number of carbonyl (C=O) groups is 1. The Labute approximate surface area is 273 Å². The van der Waals surface area contributed by atoms with E-state index in [4.69, 9.17) is 15.3 Å². The van der Waals surface area contributed by atoms with Crippen LogP contribution in [0.25, 0.3) is 16.3 Å². The van der Waals surface area contributed by atoms with Crippen molar-refractivity contribution in [3.8, 4) is 11.7 Å². The van der Waals surface area contributed by atoms with Gasteiger partial charge in [-0.1, -0.05) is 11.2 Å². The highest BCUT2D eigenvalue weighted by Crippen LogP contribution is 2.59. The number of azide groups is 1. The molecular formula is C29H34F4N10O4S. The summed E-state index contributed by atoms with van der Waals surface area (Å²) >= 11 is 0. The summed E-state index contributed by atoms with van der Waals surface area (Å²) < 4.78 is 85.7. The van der Waals surface area contributed by atoms with Gasteiger partial charge >= 0.3 is 6.18 Å². The molecule has 3 aromatic heterocycles. The molecule has 19 heteroatoms. The largest absolute Gasteiger partial charge is 0.477 e. The monoisotopic (exact) mass is 694 g/mol. The maximum absolute atomic E-state index is 13.6. The smallest absolute Gasteiger partial charge is 0.394 e. The van der Waals surface area contributed by atoms with E-state index in [0.29, 0.717) is 25.9 Å². The van der Waals surface area contributed by atoms with Gasteiger partial charge in [0.1, 0.15) is 5.82 Å². The van der Waals surface area contributed by atoms with Crippen molar-refractivity contribution in [2.75, 3.05) is 24.6 Å². The van der Waals surface area contributed by atoms with Gasteiger partial charge in [-0.3, -0.25) is 10.2 Å². The second-order valence-electron chi connectivity index (χ2n) is 12.5. The highest BCUT2D eigenvalue weighted by atomic mass is 32.2. The number of anilines is 1. The van der Waals surface area contributed by atoms with E-state index >= 15 is 0 Å². The lowest BCUT2D eigenvalue weighted by atomic mass is 9.93. The molecule has 5 rings (SSSR count). The molecule has 2 fully saturated rings. The molecule has 14 nitrogen and oxygen atoms in total. The van der Waals surface area contributed by atoms with Crippen molar-refractivity contribution >= 4 is 21.7 Å². The first-order valence-electron chi connectivity index (χ1n) is 15.1. The van der Waals surface area contributed by atoms with Crippen molar-refractivity contribution in [3.05, 3.63) is 64.5 Å². The SMILES string of the molecule is CC1(C)CC(CCCN=[N+]=[N-])CN1c1nc(-n2ccc(OCCC3(C(F)(F)F)CC3)n2)ccc1C(=O)NNS(=O)(=O)c1cccc(F)n1. The predicted octanol–water partition coefficient (Wildman–Crippen LogP) is 5.23. The van der Waals surface area contributed by atoms with Crippen molar-refractivity contribution in [1.29, 1.82) is 0 Å². The van der Waals surface area contributed by atoms with Crippen LogP contribution < -0.4 is 19.9 Å². The zero-order chi connectivity index (χ0) is 34.7. The average molecular weight is 695 g/mol. The summed E-state index contributed by atoms with van der Waals surface area (Å²) in [5, 5.41) is 7.26. The van der Waals surface area contributed by atoms with Crippen LogP contribution in [0.4, 0.5) is 23.4 Å². The van der Waals surface area contributed by atoms with Crippen molar-refractivity contribution in [1.82, 2.24) is 30.0 Å². The summed E-state index contributed by atoms with van der Waals surface area (Å²) in [5.74, 6) is -1.14. The average Bonchev–Trinajstić information content (AvgIpc) is 3.58. The fraction of sp³-hybridized carbons (Fsp3) is 0.517. The summed E-state index contributed by atoms with van der Waals surface area (Å²) in [7, 11) is -4.43. The Morgan fingerprint density at radius 1 is 1.19 bits per heavy atom.